The third-order valence-electron chi connectivity index (χ3n) is 3.26. The summed E-state index contributed by atoms with van der Waals surface area (Å²) in [5.41, 5.74) is 8.63. The van der Waals surface area contributed by atoms with Crippen LogP contribution in [0.4, 0.5) is 0 Å². The normalized spacial score (nSPS) is 10.9. The molecule has 0 N–H and O–H groups in total. The fourth-order valence-corrected chi connectivity index (χ4v) is 2.13. The Balaban J connectivity index is 2.83. The highest BCUT2D eigenvalue weighted by Crippen LogP contribution is 2.12. The maximum absolute atomic E-state index is 8.63. The molecule has 0 unspecified atom stereocenters. The molecule has 0 rings (SSSR count). The van der Waals surface area contributed by atoms with Crippen molar-refractivity contribution in [2.24, 2.45) is 0 Å². The van der Waals surface area contributed by atoms with Gasteiger partial charge in [0.2, 0.25) is 0 Å². The smallest absolute Gasteiger partial charge is 0.0321 e. The quantitative estimate of drug-likeness (QED) is 0.387. The highest BCUT2D eigenvalue weighted by atomic mass is 14.5. The molecule has 0 heterocycles. The van der Waals surface area contributed by atoms with Gasteiger partial charge in [-0.05, 0) is 6.42 Å². The van der Waals surface area contributed by atoms with Gasteiger partial charge in [0.1, 0.15) is 0 Å². The monoisotopic (exact) mass is 225 g/mol. The van der Waals surface area contributed by atoms with Crippen LogP contribution in [-0.4, -0.2) is 6.54 Å². The van der Waals surface area contributed by atoms with Crippen LogP contribution in [0.3, 0.4) is 0 Å². The fraction of sp³-hybridized carbons (Fsp3) is 1.00. The van der Waals surface area contributed by atoms with Crippen LogP contribution in [0.1, 0.15) is 90.4 Å². The van der Waals surface area contributed by atoms with Crippen molar-refractivity contribution in [3.05, 3.63) is 0 Å². The zero-order valence-corrected chi connectivity index (χ0v) is 11.3. The van der Waals surface area contributed by atoms with E-state index in [1.165, 1.54) is 77.0 Å². The van der Waals surface area contributed by atoms with Gasteiger partial charge < -0.3 is 0 Å². The molecular weight excluding hydrogens is 194 g/mol. The van der Waals surface area contributed by atoms with Crippen LogP contribution in [0.15, 0.2) is 0 Å². The number of nitrogens with zero attached hydrogens (tertiary/aromatic N) is 1. The van der Waals surface area contributed by atoms with Crippen molar-refractivity contribution in [3.8, 4) is 0 Å². The van der Waals surface area contributed by atoms with E-state index in [4.69, 9.17) is 5.73 Å². The molecule has 0 saturated heterocycles. The second-order valence-corrected chi connectivity index (χ2v) is 4.97. The molecule has 96 valence electrons. The molecule has 0 aliphatic heterocycles. The molecule has 1 heteroatoms. The Morgan fingerprint density at radius 3 is 1.12 bits per heavy atom. The second-order valence-electron chi connectivity index (χ2n) is 4.97. The molecule has 0 amide bonds. The van der Waals surface area contributed by atoms with E-state index in [1.54, 1.807) is 0 Å². The van der Waals surface area contributed by atoms with Crippen LogP contribution in [-0.2, 0) is 0 Å². The molecule has 0 aromatic carbocycles. The minimum Gasteiger partial charge on any atom is -0.145 e. The molecular formula is C15H31N. The largest absolute Gasteiger partial charge is 0.145 e. The zero-order chi connectivity index (χ0) is 11.9. The Morgan fingerprint density at radius 2 is 0.812 bits per heavy atom. The molecule has 0 bridgehead atoms. The van der Waals surface area contributed by atoms with Gasteiger partial charge in [0.05, 0.1) is 0 Å². The van der Waals surface area contributed by atoms with Crippen LogP contribution in [0, 0.1) is 0 Å². The summed E-state index contributed by atoms with van der Waals surface area (Å²) in [7, 11) is 0. The molecule has 2 radical (unpaired) electrons. The van der Waals surface area contributed by atoms with E-state index in [1.807, 2.05) is 0 Å². The average Bonchev–Trinajstić information content (AvgIpc) is 2.31. The molecule has 0 aromatic heterocycles. The molecule has 0 saturated carbocycles. The summed E-state index contributed by atoms with van der Waals surface area (Å²) < 4.78 is 0. The van der Waals surface area contributed by atoms with E-state index in [-0.39, 0.29) is 0 Å². The maximum atomic E-state index is 8.63. The van der Waals surface area contributed by atoms with Crippen LogP contribution in [0.2, 0.25) is 0 Å². The van der Waals surface area contributed by atoms with E-state index in [2.05, 4.69) is 6.92 Å². The number of rotatable bonds is 13. The summed E-state index contributed by atoms with van der Waals surface area (Å²) in [5.74, 6) is 0. The molecule has 0 spiro atoms. The van der Waals surface area contributed by atoms with E-state index in [0.717, 1.165) is 6.42 Å². The van der Waals surface area contributed by atoms with Crippen molar-refractivity contribution in [1.29, 1.82) is 0 Å². The SMILES string of the molecule is CCCCCCCCCCCCCCC[N]. The van der Waals surface area contributed by atoms with Gasteiger partial charge in [-0.2, -0.15) is 0 Å². The number of unbranched alkanes of at least 4 members (excludes halogenated alkanes) is 12. The van der Waals surface area contributed by atoms with Crippen molar-refractivity contribution in [2.75, 3.05) is 6.54 Å². The Hall–Kier alpha value is -0.0400. The Kier molecular flexibility index (Phi) is 14.9. The van der Waals surface area contributed by atoms with Gasteiger partial charge in [-0.3, -0.25) is 0 Å². The summed E-state index contributed by atoms with van der Waals surface area (Å²) in [4.78, 5) is 0. The predicted octanol–water partition coefficient (Wildman–Crippen LogP) is 5.15. The van der Waals surface area contributed by atoms with Gasteiger partial charge in [0.15, 0.2) is 0 Å². The third-order valence-corrected chi connectivity index (χ3v) is 3.26. The Morgan fingerprint density at radius 1 is 0.500 bits per heavy atom. The van der Waals surface area contributed by atoms with Crippen molar-refractivity contribution < 1.29 is 0 Å². The standard InChI is InChI=1S/C15H31N/c1-2-3-4-5-6-7-8-9-10-11-12-13-14-15-16/h2-15H2,1H3. The molecule has 0 aliphatic carbocycles. The van der Waals surface area contributed by atoms with Crippen LogP contribution in [0.25, 0.3) is 0 Å². The minimum atomic E-state index is 0.373. The van der Waals surface area contributed by atoms with Gasteiger partial charge >= 0.3 is 0 Å². The second kappa shape index (κ2) is 15.0. The summed E-state index contributed by atoms with van der Waals surface area (Å²) >= 11 is 0. The lowest BCUT2D eigenvalue weighted by Crippen LogP contribution is -1.86. The molecule has 0 aliphatic rings. The molecule has 1 nitrogen and oxygen atoms in total. The lowest BCUT2D eigenvalue weighted by Gasteiger charge is -2.02. The van der Waals surface area contributed by atoms with Gasteiger partial charge in [-0.25, -0.2) is 0 Å². The summed E-state index contributed by atoms with van der Waals surface area (Å²) in [6, 6.07) is 0. The molecule has 0 aromatic rings. The van der Waals surface area contributed by atoms with E-state index < -0.39 is 0 Å². The lowest BCUT2D eigenvalue weighted by molar-refractivity contribution is 0.540. The highest BCUT2D eigenvalue weighted by molar-refractivity contribution is 4.48. The van der Waals surface area contributed by atoms with Crippen molar-refractivity contribution in [1.82, 2.24) is 5.73 Å². The van der Waals surface area contributed by atoms with Crippen LogP contribution < -0.4 is 5.73 Å². The Labute approximate surface area is 103 Å². The summed E-state index contributed by atoms with van der Waals surface area (Å²) in [6.07, 6.45) is 17.7. The van der Waals surface area contributed by atoms with Crippen molar-refractivity contribution in [2.45, 2.75) is 90.4 Å². The topological polar surface area (TPSA) is 22.3 Å². The Bertz CT molecular complexity index is 98.0. The van der Waals surface area contributed by atoms with Gasteiger partial charge in [-0.1, -0.05) is 84.0 Å². The number of hydrogen-bond acceptors (Lipinski definition) is 0. The minimum absolute atomic E-state index is 0.373. The van der Waals surface area contributed by atoms with E-state index >= 15 is 0 Å². The highest BCUT2D eigenvalue weighted by Gasteiger charge is 1.93. The van der Waals surface area contributed by atoms with Crippen molar-refractivity contribution in [3.63, 3.8) is 0 Å². The zero-order valence-electron chi connectivity index (χ0n) is 11.3. The fourth-order valence-electron chi connectivity index (χ4n) is 2.13. The summed E-state index contributed by atoms with van der Waals surface area (Å²) in [6.45, 7) is 2.65. The van der Waals surface area contributed by atoms with Crippen LogP contribution >= 0.6 is 0 Å². The molecule has 0 fully saturated rings. The van der Waals surface area contributed by atoms with Crippen LogP contribution in [0.5, 0.6) is 0 Å². The van der Waals surface area contributed by atoms with E-state index in [9.17, 15) is 0 Å². The first kappa shape index (κ1) is 16.0. The first-order chi connectivity index (χ1) is 7.91. The van der Waals surface area contributed by atoms with Gasteiger partial charge in [0.25, 0.3) is 0 Å². The average molecular weight is 225 g/mol. The lowest BCUT2D eigenvalue weighted by atomic mass is 10.0. The first-order valence-corrected chi connectivity index (χ1v) is 7.52. The summed E-state index contributed by atoms with van der Waals surface area (Å²) in [5, 5.41) is 0. The first-order valence-electron chi connectivity index (χ1n) is 7.52. The van der Waals surface area contributed by atoms with Gasteiger partial charge in [-0.15, -0.1) is 5.73 Å². The van der Waals surface area contributed by atoms with Gasteiger partial charge in [0, 0.05) is 6.54 Å². The van der Waals surface area contributed by atoms with Crippen molar-refractivity contribution >= 4 is 0 Å². The molecule has 16 heavy (non-hydrogen) atoms. The third kappa shape index (κ3) is 14.0. The number of hydrogen-bond donors (Lipinski definition) is 0. The predicted molar refractivity (Wildman–Crippen MR) is 72.7 cm³/mol. The molecule has 0 atom stereocenters. The van der Waals surface area contributed by atoms with E-state index in [0.29, 0.717) is 6.54 Å². The maximum Gasteiger partial charge on any atom is 0.0321 e.